The number of hydrogen-bond acceptors (Lipinski definition) is 4. The Kier molecular flexibility index (Phi) is 5.02. The van der Waals surface area contributed by atoms with Crippen molar-refractivity contribution in [2.45, 2.75) is 33.6 Å². The van der Waals surface area contributed by atoms with Crippen LogP contribution in [0.15, 0.2) is 6.33 Å². The molecule has 2 N–H and O–H groups in total. The van der Waals surface area contributed by atoms with Crippen molar-refractivity contribution in [2.75, 3.05) is 24.2 Å². The van der Waals surface area contributed by atoms with Gasteiger partial charge < -0.3 is 10.6 Å². The summed E-state index contributed by atoms with van der Waals surface area (Å²) >= 11 is 0. The minimum atomic E-state index is 0.765. The number of nitrogens with zero attached hydrogens (tertiary/aromatic N) is 2. The molecule has 0 aliphatic rings. The monoisotopic (exact) mass is 222 g/mol. The Morgan fingerprint density at radius 2 is 1.94 bits per heavy atom. The van der Waals surface area contributed by atoms with Gasteiger partial charge in [-0.25, -0.2) is 9.97 Å². The van der Waals surface area contributed by atoms with Crippen LogP contribution < -0.4 is 10.6 Å². The maximum atomic E-state index is 4.24. The van der Waals surface area contributed by atoms with Crippen LogP contribution in [0.2, 0.25) is 0 Å². The first-order valence-electron chi connectivity index (χ1n) is 5.88. The number of rotatable bonds is 6. The molecule has 0 aliphatic heterocycles. The summed E-state index contributed by atoms with van der Waals surface area (Å²) in [5.74, 6) is 2.59. The van der Waals surface area contributed by atoms with E-state index in [-0.39, 0.29) is 0 Å². The third-order valence-corrected chi connectivity index (χ3v) is 2.57. The average molecular weight is 222 g/mol. The fraction of sp³-hybridized carbons (Fsp3) is 0.667. The number of anilines is 2. The largest absolute Gasteiger partial charge is 0.373 e. The molecule has 4 nitrogen and oxygen atoms in total. The van der Waals surface area contributed by atoms with E-state index in [2.05, 4.69) is 34.4 Å². The zero-order valence-electron chi connectivity index (χ0n) is 10.7. The Morgan fingerprint density at radius 1 is 1.25 bits per heavy atom. The highest BCUT2D eigenvalue weighted by atomic mass is 15.1. The van der Waals surface area contributed by atoms with Crippen molar-refractivity contribution in [2.24, 2.45) is 5.92 Å². The maximum absolute atomic E-state index is 4.24. The van der Waals surface area contributed by atoms with Gasteiger partial charge in [0.1, 0.15) is 18.0 Å². The Bertz CT molecular complexity index is 323. The molecule has 1 aromatic heterocycles. The van der Waals surface area contributed by atoms with Crippen LogP contribution in [0.5, 0.6) is 0 Å². The van der Waals surface area contributed by atoms with Crippen LogP contribution in [-0.4, -0.2) is 23.6 Å². The van der Waals surface area contributed by atoms with Crippen molar-refractivity contribution in [1.82, 2.24) is 9.97 Å². The number of aromatic nitrogens is 2. The molecular weight excluding hydrogens is 200 g/mol. The summed E-state index contributed by atoms with van der Waals surface area (Å²) < 4.78 is 0. The quantitative estimate of drug-likeness (QED) is 0.727. The van der Waals surface area contributed by atoms with Crippen LogP contribution in [0.25, 0.3) is 0 Å². The summed E-state index contributed by atoms with van der Waals surface area (Å²) in [5.41, 5.74) is 1.08. The van der Waals surface area contributed by atoms with Crippen LogP contribution >= 0.6 is 0 Å². The Hall–Kier alpha value is -1.32. The Labute approximate surface area is 97.9 Å². The van der Waals surface area contributed by atoms with E-state index in [4.69, 9.17) is 0 Å². The van der Waals surface area contributed by atoms with Crippen LogP contribution in [0.1, 0.15) is 32.3 Å². The lowest BCUT2D eigenvalue weighted by atomic mass is 10.1. The van der Waals surface area contributed by atoms with E-state index in [9.17, 15) is 0 Å². The van der Waals surface area contributed by atoms with Gasteiger partial charge >= 0.3 is 0 Å². The molecule has 0 saturated heterocycles. The van der Waals surface area contributed by atoms with Gasteiger partial charge in [-0.15, -0.1) is 0 Å². The first-order valence-corrected chi connectivity index (χ1v) is 5.88. The molecule has 0 spiro atoms. The van der Waals surface area contributed by atoms with Crippen molar-refractivity contribution in [3.63, 3.8) is 0 Å². The van der Waals surface area contributed by atoms with Gasteiger partial charge in [-0.3, -0.25) is 0 Å². The second-order valence-corrected chi connectivity index (χ2v) is 4.41. The van der Waals surface area contributed by atoms with Crippen molar-refractivity contribution in [3.05, 3.63) is 11.9 Å². The summed E-state index contributed by atoms with van der Waals surface area (Å²) in [6.45, 7) is 7.49. The molecule has 1 aromatic rings. The van der Waals surface area contributed by atoms with E-state index in [1.807, 2.05) is 14.0 Å². The molecular formula is C12H22N4. The molecule has 0 unspecified atom stereocenters. The fourth-order valence-electron chi connectivity index (χ4n) is 1.60. The SMILES string of the molecule is CNc1ncnc(NCCCC(C)C)c1C. The lowest BCUT2D eigenvalue weighted by molar-refractivity contribution is 0.566. The normalized spacial score (nSPS) is 10.6. The second kappa shape index (κ2) is 6.30. The first-order chi connectivity index (χ1) is 7.65. The Morgan fingerprint density at radius 3 is 2.56 bits per heavy atom. The molecule has 0 fully saturated rings. The van der Waals surface area contributed by atoms with Crippen molar-refractivity contribution >= 4 is 11.6 Å². The molecule has 0 amide bonds. The molecule has 4 heteroatoms. The highest BCUT2D eigenvalue weighted by Gasteiger charge is 2.04. The number of nitrogens with one attached hydrogen (secondary N) is 2. The highest BCUT2D eigenvalue weighted by Crippen LogP contribution is 2.17. The van der Waals surface area contributed by atoms with Gasteiger partial charge in [0.2, 0.25) is 0 Å². The number of hydrogen-bond donors (Lipinski definition) is 2. The van der Waals surface area contributed by atoms with Crippen LogP contribution in [0.4, 0.5) is 11.6 Å². The average Bonchev–Trinajstić information content (AvgIpc) is 2.26. The second-order valence-electron chi connectivity index (χ2n) is 4.41. The molecule has 0 radical (unpaired) electrons. The van der Waals surface area contributed by atoms with E-state index in [0.717, 1.165) is 29.7 Å². The topological polar surface area (TPSA) is 49.8 Å². The smallest absolute Gasteiger partial charge is 0.134 e. The van der Waals surface area contributed by atoms with Crippen molar-refractivity contribution in [3.8, 4) is 0 Å². The van der Waals surface area contributed by atoms with Gasteiger partial charge in [0.15, 0.2) is 0 Å². The molecule has 1 rings (SSSR count). The highest BCUT2D eigenvalue weighted by molar-refractivity contribution is 5.55. The van der Waals surface area contributed by atoms with Gasteiger partial charge in [0, 0.05) is 19.2 Å². The summed E-state index contributed by atoms with van der Waals surface area (Å²) in [4.78, 5) is 8.39. The van der Waals surface area contributed by atoms with Crippen molar-refractivity contribution in [1.29, 1.82) is 0 Å². The van der Waals surface area contributed by atoms with Crippen molar-refractivity contribution < 1.29 is 0 Å². The van der Waals surface area contributed by atoms with Crippen LogP contribution in [-0.2, 0) is 0 Å². The first kappa shape index (κ1) is 12.7. The summed E-state index contributed by atoms with van der Waals surface area (Å²) in [6, 6.07) is 0. The van der Waals surface area contributed by atoms with E-state index in [1.54, 1.807) is 6.33 Å². The van der Waals surface area contributed by atoms with E-state index in [0.29, 0.717) is 0 Å². The van der Waals surface area contributed by atoms with Gasteiger partial charge in [0.25, 0.3) is 0 Å². The molecule has 16 heavy (non-hydrogen) atoms. The lowest BCUT2D eigenvalue weighted by Crippen LogP contribution is -2.08. The maximum Gasteiger partial charge on any atom is 0.134 e. The van der Waals surface area contributed by atoms with Gasteiger partial charge in [-0.2, -0.15) is 0 Å². The predicted molar refractivity (Wildman–Crippen MR) is 68.9 cm³/mol. The zero-order chi connectivity index (χ0) is 12.0. The predicted octanol–water partition coefficient (Wildman–Crippen LogP) is 2.67. The minimum absolute atomic E-state index is 0.765. The third kappa shape index (κ3) is 3.68. The lowest BCUT2D eigenvalue weighted by Gasteiger charge is -2.11. The van der Waals surface area contributed by atoms with Gasteiger partial charge in [-0.1, -0.05) is 13.8 Å². The minimum Gasteiger partial charge on any atom is -0.373 e. The Balaban J connectivity index is 2.47. The summed E-state index contributed by atoms with van der Waals surface area (Å²) in [5, 5.41) is 6.41. The molecule has 90 valence electrons. The fourth-order valence-corrected chi connectivity index (χ4v) is 1.60. The van der Waals surface area contributed by atoms with Gasteiger partial charge in [0.05, 0.1) is 0 Å². The molecule has 0 aromatic carbocycles. The standard InChI is InChI=1S/C12H22N4/c1-9(2)6-5-7-14-12-10(3)11(13-4)15-8-16-12/h8-9H,5-7H2,1-4H3,(H2,13,14,15,16). The molecule has 0 saturated carbocycles. The molecule has 0 bridgehead atoms. The van der Waals surface area contributed by atoms with Crippen LogP contribution in [0, 0.1) is 12.8 Å². The molecule has 1 heterocycles. The summed E-state index contributed by atoms with van der Waals surface area (Å²) in [7, 11) is 1.87. The molecule has 0 aliphatic carbocycles. The summed E-state index contributed by atoms with van der Waals surface area (Å²) in [6.07, 6.45) is 4.01. The molecule has 0 atom stereocenters. The third-order valence-electron chi connectivity index (χ3n) is 2.57. The van der Waals surface area contributed by atoms with Crippen LogP contribution in [0.3, 0.4) is 0 Å². The van der Waals surface area contributed by atoms with E-state index in [1.165, 1.54) is 12.8 Å². The van der Waals surface area contributed by atoms with E-state index < -0.39 is 0 Å². The van der Waals surface area contributed by atoms with E-state index >= 15 is 0 Å². The van der Waals surface area contributed by atoms with Gasteiger partial charge in [-0.05, 0) is 25.7 Å². The zero-order valence-corrected chi connectivity index (χ0v) is 10.7.